The van der Waals surface area contributed by atoms with Crippen molar-refractivity contribution in [3.63, 3.8) is 0 Å². The molecule has 2 saturated heterocycles. The normalized spacial score (nSPS) is 48.2. The number of carbonyl (C=O) groups is 1. The summed E-state index contributed by atoms with van der Waals surface area (Å²) in [7, 11) is 1.01. The number of hydrogen-bond acceptors (Lipinski definition) is 12. The van der Waals surface area contributed by atoms with Gasteiger partial charge in [-0.1, -0.05) is 0 Å². The molecule has 0 aromatic rings. The number of ether oxygens (including phenoxy) is 4. The number of aliphatic hydroxyl groups excluding tert-OH is 7. The Morgan fingerprint density at radius 2 is 1.56 bits per heavy atom. The van der Waals surface area contributed by atoms with E-state index in [1.54, 1.807) is 0 Å². The van der Waals surface area contributed by atoms with Gasteiger partial charge in [0.25, 0.3) is 0 Å². The van der Waals surface area contributed by atoms with E-state index in [1.165, 1.54) is 0 Å². The molecule has 0 bridgehead atoms. The standard InChI is InChI=1S/C13H22O12/c1-22-11(20)9-7(18)5(16)8(19)13(24-9)25-10-6(17)4(15)3(2-14)23-12(10)21/h3-10,12-19,21H,2H2,1H3/t3-,4+,5+,6+,7+,8-,9+,10-,12+,13+/m1/s1. The highest BCUT2D eigenvalue weighted by molar-refractivity contribution is 5.75. The zero-order valence-corrected chi connectivity index (χ0v) is 13.2. The summed E-state index contributed by atoms with van der Waals surface area (Å²) in [5, 5.41) is 68.2. The molecule has 2 aliphatic heterocycles. The van der Waals surface area contributed by atoms with Crippen LogP contribution in [0.4, 0.5) is 0 Å². The molecule has 2 aliphatic rings. The maximum Gasteiger partial charge on any atom is 0.337 e. The molecule has 146 valence electrons. The Labute approximate surface area is 141 Å². The van der Waals surface area contributed by atoms with Crippen LogP contribution in [0.2, 0.25) is 0 Å². The van der Waals surface area contributed by atoms with Gasteiger partial charge in [0.05, 0.1) is 13.7 Å². The molecule has 2 fully saturated rings. The van der Waals surface area contributed by atoms with Crippen molar-refractivity contribution in [1.82, 2.24) is 0 Å². The molecule has 0 aromatic carbocycles. The molecular weight excluding hydrogens is 348 g/mol. The maximum absolute atomic E-state index is 11.6. The fraction of sp³-hybridized carbons (Fsp3) is 0.923. The molecule has 0 radical (unpaired) electrons. The van der Waals surface area contributed by atoms with Gasteiger partial charge in [-0.05, 0) is 0 Å². The molecule has 10 atom stereocenters. The number of aliphatic hydroxyl groups is 7. The van der Waals surface area contributed by atoms with Gasteiger partial charge >= 0.3 is 5.97 Å². The first kappa shape index (κ1) is 20.4. The van der Waals surface area contributed by atoms with Crippen LogP contribution in [0.1, 0.15) is 0 Å². The van der Waals surface area contributed by atoms with Crippen molar-refractivity contribution in [3.05, 3.63) is 0 Å². The van der Waals surface area contributed by atoms with E-state index in [0.29, 0.717) is 0 Å². The van der Waals surface area contributed by atoms with Crippen LogP contribution in [0.5, 0.6) is 0 Å². The molecule has 0 saturated carbocycles. The van der Waals surface area contributed by atoms with Crippen molar-refractivity contribution in [2.45, 2.75) is 61.4 Å². The van der Waals surface area contributed by atoms with Crippen LogP contribution in [-0.2, 0) is 23.7 Å². The Balaban J connectivity index is 2.13. The highest BCUT2D eigenvalue weighted by Crippen LogP contribution is 2.28. The topological polar surface area (TPSA) is 196 Å². The minimum absolute atomic E-state index is 0.681. The van der Waals surface area contributed by atoms with Gasteiger partial charge in [-0.2, -0.15) is 0 Å². The van der Waals surface area contributed by atoms with E-state index >= 15 is 0 Å². The van der Waals surface area contributed by atoms with Crippen LogP contribution in [0, 0.1) is 0 Å². The molecule has 0 aliphatic carbocycles. The second kappa shape index (κ2) is 8.18. The van der Waals surface area contributed by atoms with Crippen molar-refractivity contribution in [3.8, 4) is 0 Å². The molecule has 0 aromatic heterocycles. The van der Waals surface area contributed by atoms with Crippen LogP contribution >= 0.6 is 0 Å². The smallest absolute Gasteiger partial charge is 0.337 e. The lowest BCUT2D eigenvalue weighted by Crippen LogP contribution is -2.64. The van der Waals surface area contributed by atoms with Gasteiger partial charge in [0.1, 0.15) is 42.7 Å². The average molecular weight is 370 g/mol. The summed E-state index contributed by atoms with van der Waals surface area (Å²) in [6.45, 7) is -0.681. The minimum atomic E-state index is -1.85. The maximum atomic E-state index is 11.6. The third-order valence-corrected chi connectivity index (χ3v) is 4.14. The van der Waals surface area contributed by atoms with Crippen LogP contribution in [0.15, 0.2) is 0 Å². The van der Waals surface area contributed by atoms with Crippen molar-refractivity contribution in [1.29, 1.82) is 0 Å². The summed E-state index contributed by atoms with van der Waals surface area (Å²) >= 11 is 0. The number of hydrogen-bond donors (Lipinski definition) is 7. The zero-order chi connectivity index (χ0) is 18.9. The molecule has 12 heteroatoms. The molecule has 0 spiro atoms. The first-order valence-corrected chi connectivity index (χ1v) is 7.46. The predicted octanol–water partition coefficient (Wildman–Crippen LogP) is -5.22. The van der Waals surface area contributed by atoms with Gasteiger partial charge in [0, 0.05) is 0 Å². The Bertz CT molecular complexity index is 460. The first-order valence-electron chi connectivity index (χ1n) is 7.46. The van der Waals surface area contributed by atoms with Crippen LogP contribution in [-0.4, -0.2) is 117 Å². The summed E-state index contributed by atoms with van der Waals surface area (Å²) in [5.41, 5.74) is 0. The first-order chi connectivity index (χ1) is 11.7. The summed E-state index contributed by atoms with van der Waals surface area (Å²) in [6, 6.07) is 0. The van der Waals surface area contributed by atoms with Gasteiger partial charge in [-0.25, -0.2) is 4.79 Å². The van der Waals surface area contributed by atoms with Gasteiger partial charge < -0.3 is 54.7 Å². The van der Waals surface area contributed by atoms with Crippen molar-refractivity contribution < 1.29 is 59.5 Å². The monoisotopic (exact) mass is 370 g/mol. The highest BCUT2D eigenvalue weighted by atomic mass is 16.7. The molecule has 2 rings (SSSR count). The highest BCUT2D eigenvalue weighted by Gasteiger charge is 2.51. The lowest BCUT2D eigenvalue weighted by Gasteiger charge is -2.44. The van der Waals surface area contributed by atoms with Crippen molar-refractivity contribution in [2.75, 3.05) is 13.7 Å². The van der Waals surface area contributed by atoms with Gasteiger partial charge in [-0.3, -0.25) is 0 Å². The number of carbonyl (C=O) groups excluding carboxylic acids is 1. The number of methoxy groups -OCH3 is 1. The zero-order valence-electron chi connectivity index (χ0n) is 13.2. The lowest BCUT2D eigenvalue weighted by molar-refractivity contribution is -0.358. The minimum Gasteiger partial charge on any atom is -0.467 e. The fourth-order valence-electron chi connectivity index (χ4n) is 2.64. The SMILES string of the molecule is COC(=O)[C@H]1O[C@@H](O[C@@H]2[C@@H](O)[C@@H](O)[C@@H](CO)O[C@@H]2O)[C@H](O)[C@@H](O)[C@@H]1O. The molecular formula is C13H22O12. The Morgan fingerprint density at radius 3 is 2.12 bits per heavy atom. The predicted molar refractivity (Wildman–Crippen MR) is 73.5 cm³/mol. The lowest BCUT2D eigenvalue weighted by atomic mass is 9.97. The molecule has 0 amide bonds. The second-order valence-corrected chi connectivity index (χ2v) is 5.75. The number of esters is 1. The molecule has 2 heterocycles. The van der Waals surface area contributed by atoms with Gasteiger partial charge in [-0.15, -0.1) is 0 Å². The second-order valence-electron chi connectivity index (χ2n) is 5.75. The summed E-state index contributed by atoms with van der Waals surface area (Å²) < 4.78 is 19.5. The van der Waals surface area contributed by atoms with Gasteiger partial charge in [0.2, 0.25) is 0 Å². The van der Waals surface area contributed by atoms with Crippen LogP contribution in [0.25, 0.3) is 0 Å². The van der Waals surface area contributed by atoms with Crippen molar-refractivity contribution in [2.24, 2.45) is 0 Å². The Hall–Kier alpha value is -0.930. The van der Waals surface area contributed by atoms with E-state index in [1.807, 2.05) is 0 Å². The molecule has 0 unspecified atom stereocenters. The van der Waals surface area contributed by atoms with Crippen LogP contribution in [0.3, 0.4) is 0 Å². The fourth-order valence-corrected chi connectivity index (χ4v) is 2.64. The third kappa shape index (κ3) is 3.93. The summed E-state index contributed by atoms with van der Waals surface area (Å²) in [6.07, 6.45) is -17.0. The quantitative estimate of drug-likeness (QED) is 0.233. The van der Waals surface area contributed by atoms with E-state index in [2.05, 4.69) is 4.74 Å². The van der Waals surface area contributed by atoms with E-state index in [0.717, 1.165) is 7.11 Å². The van der Waals surface area contributed by atoms with E-state index in [4.69, 9.17) is 19.3 Å². The van der Waals surface area contributed by atoms with Gasteiger partial charge in [0.15, 0.2) is 18.7 Å². The summed E-state index contributed by atoms with van der Waals surface area (Å²) in [5.74, 6) is -1.05. The molecule has 25 heavy (non-hydrogen) atoms. The Kier molecular flexibility index (Phi) is 6.67. The van der Waals surface area contributed by atoms with E-state index in [9.17, 15) is 35.4 Å². The van der Waals surface area contributed by atoms with Crippen LogP contribution < -0.4 is 0 Å². The Morgan fingerprint density at radius 1 is 0.920 bits per heavy atom. The molecule has 7 N–H and O–H groups in total. The van der Waals surface area contributed by atoms with E-state index < -0.39 is 74.0 Å². The molecule has 12 nitrogen and oxygen atoms in total. The average Bonchev–Trinajstić information content (AvgIpc) is 2.60. The van der Waals surface area contributed by atoms with E-state index in [-0.39, 0.29) is 0 Å². The van der Waals surface area contributed by atoms with Crippen molar-refractivity contribution >= 4 is 5.97 Å². The largest absolute Gasteiger partial charge is 0.467 e. The number of rotatable bonds is 4. The summed E-state index contributed by atoms with van der Waals surface area (Å²) in [4.78, 5) is 11.6. The third-order valence-electron chi connectivity index (χ3n) is 4.14.